The zero-order valence-corrected chi connectivity index (χ0v) is 11.9. The summed E-state index contributed by atoms with van der Waals surface area (Å²) in [5.74, 6) is -0.747. The van der Waals surface area contributed by atoms with Gasteiger partial charge in [-0.3, -0.25) is 19.4 Å². The number of nitrogens with two attached hydrogens (primary N) is 1. The van der Waals surface area contributed by atoms with E-state index in [0.29, 0.717) is 0 Å². The van der Waals surface area contributed by atoms with E-state index in [1.54, 1.807) is 0 Å². The third-order valence-electron chi connectivity index (χ3n) is 2.48. The topological polar surface area (TPSA) is 158 Å². The van der Waals surface area contributed by atoms with Gasteiger partial charge < -0.3 is 4.74 Å². The van der Waals surface area contributed by atoms with Gasteiger partial charge in [0.25, 0.3) is 5.69 Å². The van der Waals surface area contributed by atoms with Gasteiger partial charge in [-0.2, -0.15) is 5.53 Å². The second-order valence-electron chi connectivity index (χ2n) is 3.85. The lowest BCUT2D eigenvalue weighted by Gasteiger charge is -2.18. The Morgan fingerprint density at radius 3 is 2.71 bits per heavy atom. The molecular weight excluding hydrogens is 303 g/mol. The van der Waals surface area contributed by atoms with Gasteiger partial charge in [-0.05, 0) is 6.07 Å². The van der Waals surface area contributed by atoms with Crippen molar-refractivity contribution in [3.8, 4) is 0 Å². The predicted molar refractivity (Wildman–Crippen MR) is 70.5 cm³/mol. The van der Waals surface area contributed by atoms with Crippen LogP contribution < -0.4 is 5.50 Å². The number of hydrogen-bond donors (Lipinski definition) is 2. The number of nitro groups is 1. The number of rotatable bonds is 7. The number of carbonyl (C=O) groups excluding carboxylic acids is 1. The standard InChI is InChI=1S/C10H13N4O6P/c1-19-10(15)6-9(20-21(12,18)13-11)7-4-2-3-5-8(7)14(16)17/h2-5,9,11H,6H2,1H3,(H2,12,18). The van der Waals surface area contributed by atoms with Crippen molar-refractivity contribution in [2.24, 2.45) is 10.4 Å². The zero-order valence-electron chi connectivity index (χ0n) is 11.0. The van der Waals surface area contributed by atoms with E-state index in [1.807, 2.05) is 0 Å². The van der Waals surface area contributed by atoms with Crippen LogP contribution in [-0.4, -0.2) is 18.0 Å². The SMILES string of the molecule is COC(=O)CC(OP(N)(=O)N=N)c1ccccc1[N+](=O)[O-]. The van der Waals surface area contributed by atoms with Gasteiger partial charge in [0.05, 0.1) is 24.0 Å². The molecule has 2 atom stereocenters. The van der Waals surface area contributed by atoms with Gasteiger partial charge >= 0.3 is 13.6 Å². The van der Waals surface area contributed by atoms with Gasteiger partial charge in [0, 0.05) is 6.07 Å². The van der Waals surface area contributed by atoms with Gasteiger partial charge in [-0.1, -0.05) is 17.0 Å². The molecule has 0 saturated heterocycles. The van der Waals surface area contributed by atoms with E-state index >= 15 is 0 Å². The monoisotopic (exact) mass is 316 g/mol. The third kappa shape index (κ3) is 4.71. The van der Waals surface area contributed by atoms with Crippen molar-refractivity contribution in [2.75, 3.05) is 7.11 Å². The molecular formula is C10H13N4O6P. The summed E-state index contributed by atoms with van der Waals surface area (Å²) in [4.78, 5) is 24.3. The average molecular weight is 316 g/mol. The van der Waals surface area contributed by atoms with Crippen LogP contribution in [0.15, 0.2) is 29.2 Å². The molecule has 0 bridgehead atoms. The summed E-state index contributed by atoms with van der Waals surface area (Å²) < 4.78 is 21.0. The molecule has 3 N–H and O–H groups in total. The number of nitro benzene ring substituents is 1. The highest BCUT2D eigenvalue weighted by molar-refractivity contribution is 7.54. The van der Waals surface area contributed by atoms with Crippen LogP contribution in [0.25, 0.3) is 0 Å². The minimum Gasteiger partial charge on any atom is -0.469 e. The van der Waals surface area contributed by atoms with Crippen molar-refractivity contribution in [1.82, 2.24) is 0 Å². The maximum Gasteiger partial charge on any atom is 0.402 e. The summed E-state index contributed by atoms with van der Waals surface area (Å²) in [5.41, 5.74) is 11.5. The molecule has 0 fully saturated rings. The van der Waals surface area contributed by atoms with Crippen LogP contribution in [0.3, 0.4) is 0 Å². The molecule has 0 spiro atoms. The maximum atomic E-state index is 11.6. The van der Waals surface area contributed by atoms with E-state index in [0.717, 1.165) is 7.11 Å². The number of esters is 1. The van der Waals surface area contributed by atoms with Crippen molar-refractivity contribution in [2.45, 2.75) is 12.5 Å². The molecule has 0 aliphatic heterocycles. The van der Waals surface area contributed by atoms with Crippen molar-refractivity contribution in [3.63, 3.8) is 0 Å². The normalized spacial score (nSPS) is 14.8. The number of ether oxygens (including phenoxy) is 1. The van der Waals surface area contributed by atoms with Crippen LogP contribution in [-0.2, 0) is 18.6 Å². The second kappa shape index (κ2) is 7.02. The Balaban J connectivity index is 3.23. The lowest BCUT2D eigenvalue weighted by atomic mass is 10.0. The number of carbonyl (C=O) groups is 1. The predicted octanol–water partition coefficient (Wildman–Crippen LogP) is 2.31. The Morgan fingerprint density at radius 2 is 2.19 bits per heavy atom. The maximum absolute atomic E-state index is 11.6. The highest BCUT2D eigenvalue weighted by Gasteiger charge is 2.31. The number of nitrogens with zero attached hydrogens (tertiary/aromatic N) is 2. The molecule has 0 heterocycles. The molecule has 0 aliphatic carbocycles. The Bertz CT molecular complexity index is 607. The van der Waals surface area contributed by atoms with Crippen LogP contribution in [0.5, 0.6) is 0 Å². The third-order valence-corrected chi connectivity index (χ3v) is 3.31. The lowest BCUT2D eigenvalue weighted by molar-refractivity contribution is -0.386. The molecule has 21 heavy (non-hydrogen) atoms. The summed E-state index contributed by atoms with van der Waals surface area (Å²) in [6, 6.07) is 5.43. The van der Waals surface area contributed by atoms with Crippen molar-refractivity contribution in [3.05, 3.63) is 39.9 Å². The van der Waals surface area contributed by atoms with E-state index in [-0.39, 0.29) is 11.3 Å². The van der Waals surface area contributed by atoms with Crippen molar-refractivity contribution >= 4 is 19.3 Å². The number of methoxy groups -OCH3 is 1. The largest absolute Gasteiger partial charge is 0.469 e. The van der Waals surface area contributed by atoms with E-state index < -0.39 is 31.1 Å². The first-order chi connectivity index (χ1) is 9.80. The summed E-state index contributed by atoms with van der Waals surface area (Å²) in [7, 11) is -3.03. The van der Waals surface area contributed by atoms with Gasteiger partial charge in [0.1, 0.15) is 6.10 Å². The summed E-state index contributed by atoms with van der Waals surface area (Å²) >= 11 is 0. The van der Waals surface area contributed by atoms with Gasteiger partial charge in [0.2, 0.25) is 0 Å². The minimum absolute atomic E-state index is 0.0118. The molecule has 0 aliphatic rings. The van der Waals surface area contributed by atoms with Gasteiger partial charge in [0.15, 0.2) is 0 Å². The minimum atomic E-state index is -4.15. The highest BCUT2D eigenvalue weighted by atomic mass is 31.2. The van der Waals surface area contributed by atoms with E-state index in [9.17, 15) is 19.5 Å². The molecule has 10 nitrogen and oxygen atoms in total. The van der Waals surface area contributed by atoms with Crippen LogP contribution in [0.2, 0.25) is 0 Å². The van der Waals surface area contributed by atoms with Crippen LogP contribution in [0, 0.1) is 15.6 Å². The fraction of sp³-hybridized carbons (Fsp3) is 0.300. The zero-order chi connectivity index (χ0) is 16.0. The van der Waals surface area contributed by atoms with Crippen LogP contribution in [0.1, 0.15) is 18.1 Å². The number of hydrogen-bond acceptors (Lipinski definition) is 7. The lowest BCUT2D eigenvalue weighted by Crippen LogP contribution is -2.14. The first kappa shape index (κ1) is 16.9. The number of para-hydroxylation sites is 1. The summed E-state index contributed by atoms with van der Waals surface area (Å²) in [6.07, 6.45) is -1.78. The summed E-state index contributed by atoms with van der Waals surface area (Å²) in [6.45, 7) is 0. The average Bonchev–Trinajstić information content (AvgIpc) is 2.46. The molecule has 1 rings (SSSR count). The first-order valence-corrected chi connectivity index (χ1v) is 7.21. The van der Waals surface area contributed by atoms with Crippen LogP contribution >= 0.6 is 7.67 Å². The highest BCUT2D eigenvalue weighted by Crippen LogP contribution is 2.46. The summed E-state index contributed by atoms with van der Waals surface area (Å²) in [5, 5.41) is 11.0. The molecule has 2 unspecified atom stereocenters. The quantitative estimate of drug-likeness (QED) is 0.257. The Labute approximate surface area is 119 Å². The van der Waals surface area contributed by atoms with E-state index in [4.69, 9.17) is 15.6 Å². The van der Waals surface area contributed by atoms with Crippen molar-refractivity contribution in [1.29, 1.82) is 5.53 Å². The molecule has 0 radical (unpaired) electrons. The molecule has 0 amide bonds. The Kier molecular flexibility index (Phi) is 5.65. The van der Waals surface area contributed by atoms with Crippen LogP contribution in [0.4, 0.5) is 5.69 Å². The van der Waals surface area contributed by atoms with Gasteiger partial charge in [-0.25, -0.2) is 10.1 Å². The number of benzene rings is 1. The molecule has 0 saturated carbocycles. The Hall–Kier alpha value is -2.16. The molecule has 1 aromatic rings. The fourth-order valence-corrected chi connectivity index (χ4v) is 2.17. The molecule has 1 aromatic carbocycles. The second-order valence-corrected chi connectivity index (χ2v) is 5.39. The molecule has 114 valence electrons. The molecule has 11 heteroatoms. The first-order valence-electron chi connectivity index (χ1n) is 5.57. The van der Waals surface area contributed by atoms with E-state index in [2.05, 4.69) is 9.62 Å². The smallest absolute Gasteiger partial charge is 0.402 e. The van der Waals surface area contributed by atoms with Gasteiger partial charge in [-0.15, -0.1) is 0 Å². The Morgan fingerprint density at radius 1 is 1.57 bits per heavy atom. The number of nitrogens with one attached hydrogen (secondary N) is 1. The fourth-order valence-electron chi connectivity index (χ4n) is 1.57. The van der Waals surface area contributed by atoms with Crippen molar-refractivity contribution < 1.29 is 23.5 Å². The molecule has 0 aromatic heterocycles. The van der Waals surface area contributed by atoms with E-state index in [1.165, 1.54) is 24.3 Å².